The van der Waals surface area contributed by atoms with Crippen molar-refractivity contribution in [2.75, 3.05) is 18.4 Å². The molecule has 0 unspecified atom stereocenters. The lowest BCUT2D eigenvalue weighted by atomic mass is 10.1. The molecule has 226 valence electrons. The lowest BCUT2D eigenvalue weighted by molar-refractivity contribution is 0.209. The predicted octanol–water partition coefficient (Wildman–Crippen LogP) is 4.34. The van der Waals surface area contributed by atoms with Crippen molar-refractivity contribution in [3.63, 3.8) is 0 Å². The number of aryl methyl sites for hydroxylation is 2. The van der Waals surface area contributed by atoms with E-state index in [1.807, 2.05) is 43.6 Å². The molecule has 14 heteroatoms. The maximum atomic E-state index is 11.5. The molecule has 0 atom stereocenters. The highest BCUT2D eigenvalue weighted by molar-refractivity contribution is 7.89. The third-order valence-corrected chi connectivity index (χ3v) is 9.37. The van der Waals surface area contributed by atoms with E-state index in [4.69, 9.17) is 19.8 Å². The number of thiophene rings is 1. The molecular formula is C30H31N9O3S2. The Kier molecular flexibility index (Phi) is 8.28. The molecule has 3 N–H and O–H groups in total. The number of nitrogens with zero attached hydrogens (tertiary/aromatic N) is 7. The highest BCUT2D eigenvalue weighted by atomic mass is 32.2. The van der Waals surface area contributed by atoms with Crippen LogP contribution < -0.4 is 15.2 Å². The minimum Gasteiger partial charge on any atom is -0.437 e. The molecule has 5 aromatic rings. The fourth-order valence-electron chi connectivity index (χ4n) is 5.35. The first-order valence-corrected chi connectivity index (χ1v) is 16.5. The average molecular weight is 630 g/mol. The Morgan fingerprint density at radius 1 is 1.09 bits per heavy atom. The van der Waals surface area contributed by atoms with Crippen LogP contribution in [0.15, 0.2) is 58.9 Å². The lowest BCUT2D eigenvalue weighted by Crippen LogP contribution is -2.39. The Hall–Kier alpha value is -4.42. The second-order valence-electron chi connectivity index (χ2n) is 10.9. The van der Waals surface area contributed by atoms with Crippen molar-refractivity contribution >= 4 is 37.5 Å². The van der Waals surface area contributed by atoms with E-state index >= 15 is 0 Å². The first-order chi connectivity index (χ1) is 21.1. The Morgan fingerprint density at radius 2 is 1.82 bits per heavy atom. The van der Waals surface area contributed by atoms with E-state index in [0.717, 1.165) is 58.5 Å². The van der Waals surface area contributed by atoms with Crippen molar-refractivity contribution in [2.45, 2.75) is 50.7 Å². The summed E-state index contributed by atoms with van der Waals surface area (Å²) >= 11 is 1.54. The number of nitriles is 1. The van der Waals surface area contributed by atoms with Crippen LogP contribution in [0.3, 0.4) is 0 Å². The molecule has 2 aromatic carbocycles. The Morgan fingerprint density at radius 3 is 2.50 bits per heavy atom. The van der Waals surface area contributed by atoms with Gasteiger partial charge >= 0.3 is 0 Å². The molecule has 0 radical (unpaired) electrons. The molecule has 0 bridgehead atoms. The van der Waals surface area contributed by atoms with Gasteiger partial charge in [-0.25, -0.2) is 23.2 Å². The van der Waals surface area contributed by atoms with E-state index in [9.17, 15) is 13.7 Å². The van der Waals surface area contributed by atoms with Gasteiger partial charge in [-0.3, -0.25) is 4.90 Å². The van der Waals surface area contributed by atoms with E-state index in [0.29, 0.717) is 36.2 Å². The second kappa shape index (κ2) is 12.3. The van der Waals surface area contributed by atoms with Gasteiger partial charge in [0, 0.05) is 25.7 Å². The summed E-state index contributed by atoms with van der Waals surface area (Å²) in [5.74, 6) is 1.74. The average Bonchev–Trinajstić information content (AvgIpc) is 3.65. The maximum Gasteiger partial charge on any atom is 0.242 e. The Balaban J connectivity index is 1.06. The van der Waals surface area contributed by atoms with Crippen LogP contribution in [-0.4, -0.2) is 57.4 Å². The van der Waals surface area contributed by atoms with Gasteiger partial charge < -0.3 is 10.1 Å². The summed E-state index contributed by atoms with van der Waals surface area (Å²) in [5.41, 5.74) is 4.96. The van der Waals surface area contributed by atoms with E-state index in [-0.39, 0.29) is 10.9 Å². The largest absolute Gasteiger partial charge is 0.437 e. The molecule has 0 amide bonds. The number of benzene rings is 2. The van der Waals surface area contributed by atoms with Gasteiger partial charge in [0.15, 0.2) is 0 Å². The van der Waals surface area contributed by atoms with Gasteiger partial charge in [0.2, 0.25) is 21.9 Å². The van der Waals surface area contributed by atoms with Crippen molar-refractivity contribution < 1.29 is 13.2 Å². The highest BCUT2D eigenvalue weighted by Gasteiger charge is 2.22. The van der Waals surface area contributed by atoms with E-state index in [1.165, 1.54) is 23.5 Å². The fourth-order valence-corrected chi connectivity index (χ4v) is 6.62. The number of nitrogens with two attached hydrogens (primary N) is 1. The molecule has 1 aliphatic heterocycles. The van der Waals surface area contributed by atoms with Crippen molar-refractivity contribution in [2.24, 2.45) is 5.14 Å². The van der Waals surface area contributed by atoms with Crippen LogP contribution in [0, 0.1) is 25.2 Å². The second-order valence-corrected chi connectivity index (χ2v) is 13.4. The molecule has 1 aliphatic rings. The number of likely N-dealkylation sites (tertiary alicyclic amines) is 1. The van der Waals surface area contributed by atoms with Crippen molar-refractivity contribution in [3.8, 4) is 17.7 Å². The number of piperidine rings is 1. The monoisotopic (exact) mass is 629 g/mol. The van der Waals surface area contributed by atoms with Crippen molar-refractivity contribution in [3.05, 3.63) is 82.0 Å². The van der Waals surface area contributed by atoms with Crippen LogP contribution in [0.1, 0.15) is 40.8 Å². The molecule has 12 nitrogen and oxygen atoms in total. The van der Waals surface area contributed by atoms with Crippen molar-refractivity contribution in [1.29, 1.82) is 5.26 Å². The van der Waals surface area contributed by atoms with Crippen LogP contribution in [0.4, 0.5) is 5.95 Å². The Bertz CT molecular complexity index is 1930. The number of primary sulfonamides is 1. The molecule has 0 saturated carbocycles. The standard InChI is InChI=1S/C30H31N9O3S2/c1-19-13-22(15-31)14-20(2)27(19)42-29-28-26(9-12-43-28)34-30(35-29)33-23-7-10-38(11-8-23)17-24-18-39(37-36-24)16-21-3-5-25(6-4-21)44(32,40)41/h3-6,9,12-14,18,23H,7-8,10-11,16-17H2,1-2H3,(H2,32,40,41)(H,33,34,35). The summed E-state index contributed by atoms with van der Waals surface area (Å²) in [4.78, 5) is 11.9. The summed E-state index contributed by atoms with van der Waals surface area (Å²) in [7, 11) is -3.72. The number of nitrogens with one attached hydrogen (secondary N) is 1. The summed E-state index contributed by atoms with van der Waals surface area (Å²) in [6, 6.07) is 14.5. The molecule has 1 fully saturated rings. The van der Waals surface area contributed by atoms with Crippen LogP contribution in [0.2, 0.25) is 0 Å². The molecule has 0 spiro atoms. The molecule has 0 aliphatic carbocycles. The van der Waals surface area contributed by atoms with Crippen LogP contribution >= 0.6 is 11.3 Å². The molecule has 3 aromatic heterocycles. The number of fused-ring (bicyclic) bond motifs is 1. The summed E-state index contributed by atoms with van der Waals surface area (Å²) in [6.07, 6.45) is 3.75. The highest BCUT2D eigenvalue weighted by Crippen LogP contribution is 2.36. The SMILES string of the molecule is Cc1cc(C#N)cc(C)c1Oc1nc(NC2CCN(Cc3cn(Cc4ccc(S(N)(=O)=O)cc4)nn3)CC2)nc2ccsc12. The summed E-state index contributed by atoms with van der Waals surface area (Å²) in [5, 5.41) is 28.5. The predicted molar refractivity (Wildman–Crippen MR) is 167 cm³/mol. The Labute approximate surface area is 259 Å². The molecule has 1 saturated heterocycles. The number of anilines is 1. The minimum absolute atomic E-state index is 0.0824. The number of aromatic nitrogens is 5. The first-order valence-electron chi connectivity index (χ1n) is 14.1. The lowest BCUT2D eigenvalue weighted by Gasteiger charge is -2.31. The van der Waals surface area contributed by atoms with Crippen molar-refractivity contribution in [1.82, 2.24) is 29.9 Å². The number of sulfonamides is 1. The smallest absolute Gasteiger partial charge is 0.242 e. The fraction of sp³-hybridized carbons (Fsp3) is 0.300. The maximum absolute atomic E-state index is 11.5. The van der Waals surface area contributed by atoms with E-state index in [1.54, 1.807) is 16.8 Å². The van der Waals surface area contributed by atoms with Crippen LogP contribution in [0.25, 0.3) is 10.2 Å². The zero-order valence-electron chi connectivity index (χ0n) is 24.3. The van der Waals surface area contributed by atoms with Gasteiger partial charge in [-0.1, -0.05) is 17.3 Å². The van der Waals surface area contributed by atoms with Gasteiger partial charge in [0.25, 0.3) is 0 Å². The number of rotatable bonds is 9. The minimum atomic E-state index is -3.72. The molecule has 44 heavy (non-hydrogen) atoms. The third kappa shape index (κ3) is 6.71. The summed E-state index contributed by atoms with van der Waals surface area (Å²) in [6.45, 7) is 6.80. The molecule has 6 rings (SSSR count). The molecule has 4 heterocycles. The van der Waals surface area contributed by atoms with Gasteiger partial charge in [0.05, 0.1) is 40.5 Å². The third-order valence-electron chi connectivity index (χ3n) is 7.55. The van der Waals surface area contributed by atoms with Gasteiger partial charge in [0.1, 0.15) is 10.4 Å². The number of hydrogen-bond acceptors (Lipinski definition) is 11. The topological polar surface area (TPSA) is 165 Å². The normalized spacial score (nSPS) is 14.5. The number of hydrogen-bond donors (Lipinski definition) is 2. The first kappa shape index (κ1) is 29.6. The molecular weight excluding hydrogens is 599 g/mol. The number of ether oxygens (including phenoxy) is 1. The zero-order chi connectivity index (χ0) is 30.8. The van der Waals surface area contributed by atoms with Crippen LogP contribution in [0.5, 0.6) is 11.6 Å². The van der Waals surface area contributed by atoms with E-state index < -0.39 is 10.0 Å². The van der Waals surface area contributed by atoms with Crippen LogP contribution in [-0.2, 0) is 23.1 Å². The quantitative estimate of drug-likeness (QED) is 0.240. The summed E-state index contributed by atoms with van der Waals surface area (Å²) < 4.78 is 31.9. The van der Waals surface area contributed by atoms with E-state index in [2.05, 4.69) is 26.6 Å². The zero-order valence-corrected chi connectivity index (χ0v) is 25.9. The van der Waals surface area contributed by atoms with Gasteiger partial charge in [-0.05, 0) is 79.1 Å². The van der Waals surface area contributed by atoms with Gasteiger partial charge in [-0.15, -0.1) is 16.4 Å². The van der Waals surface area contributed by atoms with Gasteiger partial charge in [-0.2, -0.15) is 10.2 Å².